The minimum atomic E-state index is 0.767. The molecule has 0 amide bonds. The van der Waals surface area contributed by atoms with Crippen molar-refractivity contribution in [2.75, 3.05) is 7.05 Å². The average Bonchev–Trinajstić information content (AvgIpc) is 3.29. The maximum absolute atomic E-state index is 5.17. The Balaban J connectivity index is 0.000000230. The van der Waals surface area contributed by atoms with Crippen LogP contribution in [0.1, 0.15) is 31.1 Å². The van der Waals surface area contributed by atoms with E-state index in [-0.39, 0.29) is 0 Å². The Morgan fingerprint density at radius 2 is 1.58 bits per heavy atom. The number of para-hydroxylation sites is 1. The minimum absolute atomic E-state index is 0.767. The molecule has 0 saturated heterocycles. The van der Waals surface area contributed by atoms with E-state index in [9.17, 15) is 0 Å². The van der Waals surface area contributed by atoms with Gasteiger partial charge in [0.25, 0.3) is 0 Å². The second kappa shape index (κ2) is 11.7. The smallest absolute Gasteiger partial charge is 0.144 e. The van der Waals surface area contributed by atoms with Gasteiger partial charge in [0.2, 0.25) is 0 Å². The maximum atomic E-state index is 5.17. The zero-order chi connectivity index (χ0) is 17.6. The third-order valence-electron chi connectivity index (χ3n) is 2.66. The van der Waals surface area contributed by atoms with Crippen LogP contribution < -0.4 is 0 Å². The summed E-state index contributed by atoms with van der Waals surface area (Å²) >= 11 is 0. The molecule has 24 heavy (non-hydrogen) atoms. The zero-order valence-electron chi connectivity index (χ0n) is 14.6. The van der Waals surface area contributed by atoms with Crippen LogP contribution in [0.5, 0.6) is 0 Å². The van der Waals surface area contributed by atoms with Crippen LogP contribution in [0.2, 0.25) is 0 Å². The van der Waals surface area contributed by atoms with Crippen LogP contribution in [0.15, 0.2) is 79.7 Å². The highest BCUT2D eigenvalue weighted by Crippen LogP contribution is 2.09. The van der Waals surface area contributed by atoms with Crippen molar-refractivity contribution in [2.45, 2.75) is 20.8 Å². The van der Waals surface area contributed by atoms with Crippen LogP contribution in [0.4, 0.5) is 5.69 Å². The molecule has 1 aromatic carbocycles. The first-order valence-electron chi connectivity index (χ1n) is 7.89. The molecule has 0 radical (unpaired) electrons. The van der Waals surface area contributed by atoms with Gasteiger partial charge < -0.3 is 8.83 Å². The highest BCUT2D eigenvalue weighted by atomic mass is 16.3. The molecule has 2 heterocycles. The van der Waals surface area contributed by atoms with Crippen LogP contribution >= 0.6 is 0 Å². The number of aliphatic imine (C=N–C) groups is 2. The molecule has 0 N–H and O–H groups in total. The van der Waals surface area contributed by atoms with Crippen LogP contribution in [0, 0.1) is 6.92 Å². The summed E-state index contributed by atoms with van der Waals surface area (Å²) < 4.78 is 10.3. The quantitative estimate of drug-likeness (QED) is 0.581. The summed E-state index contributed by atoms with van der Waals surface area (Å²) in [6, 6.07) is 17.3. The number of aryl methyl sites for hydroxylation is 1. The molecule has 0 aliphatic carbocycles. The molecule has 4 nitrogen and oxygen atoms in total. The number of benzene rings is 1. The molecule has 0 atom stereocenters. The lowest BCUT2D eigenvalue weighted by molar-refractivity contribution is 0.528. The highest BCUT2D eigenvalue weighted by Gasteiger charge is 1.90. The molecule has 126 valence electrons. The molecule has 0 unspecified atom stereocenters. The molecule has 0 spiro atoms. The topological polar surface area (TPSA) is 51.0 Å². The van der Waals surface area contributed by atoms with E-state index >= 15 is 0 Å². The third-order valence-corrected chi connectivity index (χ3v) is 2.66. The minimum Gasteiger partial charge on any atom is -0.463 e. The van der Waals surface area contributed by atoms with Gasteiger partial charge in [0.15, 0.2) is 0 Å². The summed E-state index contributed by atoms with van der Waals surface area (Å²) in [7, 11) is 1.72. The van der Waals surface area contributed by atoms with Crippen LogP contribution in [0.3, 0.4) is 0 Å². The lowest BCUT2D eigenvalue weighted by Gasteiger charge is -1.89. The molecule has 2 aromatic heterocycles. The first kappa shape index (κ1) is 19.2. The molecule has 0 aliphatic rings. The van der Waals surface area contributed by atoms with Gasteiger partial charge in [0.1, 0.15) is 17.3 Å². The molecule has 0 saturated carbocycles. The largest absolute Gasteiger partial charge is 0.463 e. The summed E-state index contributed by atoms with van der Waals surface area (Å²) in [5.74, 6) is 2.50. The van der Waals surface area contributed by atoms with E-state index in [1.807, 2.05) is 75.4 Å². The van der Waals surface area contributed by atoms with Gasteiger partial charge in [0.05, 0.1) is 24.4 Å². The second-order valence-corrected chi connectivity index (χ2v) is 4.44. The predicted octanol–water partition coefficient (Wildman–Crippen LogP) is 5.69. The zero-order valence-corrected chi connectivity index (χ0v) is 14.6. The summed E-state index contributed by atoms with van der Waals surface area (Å²) in [4.78, 5) is 8.03. The van der Waals surface area contributed by atoms with Crippen molar-refractivity contribution >= 4 is 18.1 Å². The molecule has 3 rings (SSSR count). The Kier molecular flexibility index (Phi) is 9.31. The molecule has 0 bridgehead atoms. The van der Waals surface area contributed by atoms with Crippen molar-refractivity contribution in [2.24, 2.45) is 9.98 Å². The van der Waals surface area contributed by atoms with Gasteiger partial charge in [-0.3, -0.25) is 9.98 Å². The number of rotatable bonds is 3. The lowest BCUT2D eigenvalue weighted by Crippen LogP contribution is -1.72. The second-order valence-electron chi connectivity index (χ2n) is 4.44. The molecule has 3 aromatic rings. The van der Waals surface area contributed by atoms with Gasteiger partial charge >= 0.3 is 0 Å². The van der Waals surface area contributed by atoms with Crippen LogP contribution in [-0.2, 0) is 0 Å². The first-order chi connectivity index (χ1) is 11.8. The number of nitrogens with zero attached hydrogens (tertiary/aromatic N) is 2. The van der Waals surface area contributed by atoms with Gasteiger partial charge in [-0.2, -0.15) is 0 Å². The van der Waals surface area contributed by atoms with Gasteiger partial charge in [-0.05, 0) is 43.3 Å². The lowest BCUT2D eigenvalue weighted by atomic mass is 10.3. The fourth-order valence-corrected chi connectivity index (χ4v) is 1.67. The molecule has 0 aliphatic heterocycles. The predicted molar refractivity (Wildman–Crippen MR) is 101 cm³/mol. The molecular formula is C20H24N2O2. The molecule has 4 heteroatoms. The molecular weight excluding hydrogens is 300 g/mol. The first-order valence-corrected chi connectivity index (χ1v) is 7.89. The SMILES string of the molecule is C(=Nc1ccccc1)c1ccco1.CC.CN=Cc1ccc(C)o1. The Hall–Kier alpha value is -2.88. The van der Waals surface area contributed by atoms with Crippen LogP contribution in [0.25, 0.3) is 0 Å². The average molecular weight is 324 g/mol. The van der Waals surface area contributed by atoms with Crippen molar-refractivity contribution in [3.05, 3.63) is 78.1 Å². The van der Waals surface area contributed by atoms with E-state index < -0.39 is 0 Å². The Bertz CT molecular complexity index is 711. The Morgan fingerprint density at radius 1 is 0.833 bits per heavy atom. The van der Waals surface area contributed by atoms with Gasteiger partial charge in [-0.1, -0.05) is 32.0 Å². The van der Waals surface area contributed by atoms with E-state index in [1.165, 1.54) is 0 Å². The monoisotopic (exact) mass is 324 g/mol. The van der Waals surface area contributed by atoms with E-state index in [0.717, 1.165) is 23.0 Å². The normalized spacial score (nSPS) is 10.2. The number of hydrogen-bond acceptors (Lipinski definition) is 4. The Morgan fingerprint density at radius 3 is 2.12 bits per heavy atom. The van der Waals surface area contributed by atoms with E-state index in [1.54, 1.807) is 25.7 Å². The van der Waals surface area contributed by atoms with E-state index in [4.69, 9.17) is 8.83 Å². The summed E-state index contributed by atoms with van der Waals surface area (Å²) in [6.45, 7) is 5.91. The van der Waals surface area contributed by atoms with Crippen LogP contribution in [-0.4, -0.2) is 19.5 Å². The summed E-state index contributed by atoms with van der Waals surface area (Å²) in [5, 5.41) is 0. The fraction of sp³-hybridized carbons (Fsp3) is 0.200. The number of hydrogen-bond donors (Lipinski definition) is 0. The van der Waals surface area contributed by atoms with E-state index in [2.05, 4.69) is 9.98 Å². The summed E-state index contributed by atoms with van der Waals surface area (Å²) in [6.07, 6.45) is 5.02. The van der Waals surface area contributed by atoms with E-state index in [0.29, 0.717) is 0 Å². The number of furan rings is 2. The van der Waals surface area contributed by atoms with Gasteiger partial charge in [-0.15, -0.1) is 0 Å². The standard InChI is InChI=1S/C11H9NO.C7H9NO.C2H6/c1-2-5-10(6-3-1)12-9-11-7-4-8-13-11;1-6-3-4-7(9-6)5-8-2;1-2/h1-9H;3-5H,1-2H3;1-2H3. The molecule has 0 fully saturated rings. The Labute approximate surface area is 143 Å². The van der Waals surface area contributed by atoms with Crippen molar-refractivity contribution in [1.82, 2.24) is 0 Å². The van der Waals surface area contributed by atoms with Crippen molar-refractivity contribution < 1.29 is 8.83 Å². The third kappa shape index (κ3) is 7.40. The van der Waals surface area contributed by atoms with Crippen molar-refractivity contribution in [3.63, 3.8) is 0 Å². The van der Waals surface area contributed by atoms with Gasteiger partial charge in [0, 0.05) is 7.05 Å². The van der Waals surface area contributed by atoms with Crippen molar-refractivity contribution in [1.29, 1.82) is 0 Å². The van der Waals surface area contributed by atoms with Crippen molar-refractivity contribution in [3.8, 4) is 0 Å². The fourth-order valence-electron chi connectivity index (χ4n) is 1.67. The van der Waals surface area contributed by atoms with Gasteiger partial charge in [-0.25, -0.2) is 0 Å². The maximum Gasteiger partial charge on any atom is 0.144 e. The highest BCUT2D eigenvalue weighted by molar-refractivity contribution is 5.78. The summed E-state index contributed by atoms with van der Waals surface area (Å²) in [5.41, 5.74) is 0.930.